The summed E-state index contributed by atoms with van der Waals surface area (Å²) in [5.41, 5.74) is 11.8. The van der Waals surface area contributed by atoms with Crippen LogP contribution in [0.15, 0.2) is 0 Å². The van der Waals surface area contributed by atoms with Gasteiger partial charge in [0.2, 0.25) is 0 Å². The SMILES string of the molecule is CC1CC(N)(N)CCC1(C)C. The van der Waals surface area contributed by atoms with E-state index in [-0.39, 0.29) is 0 Å². The van der Waals surface area contributed by atoms with Crippen molar-refractivity contribution in [3.63, 3.8) is 0 Å². The van der Waals surface area contributed by atoms with Gasteiger partial charge in [-0.3, -0.25) is 0 Å². The highest BCUT2D eigenvalue weighted by atomic mass is 15.0. The molecule has 0 aliphatic heterocycles. The molecule has 0 amide bonds. The fraction of sp³-hybridized carbons (Fsp3) is 1.00. The van der Waals surface area contributed by atoms with Crippen LogP contribution < -0.4 is 11.5 Å². The highest BCUT2D eigenvalue weighted by molar-refractivity contribution is 4.92. The van der Waals surface area contributed by atoms with E-state index in [1.54, 1.807) is 0 Å². The molecule has 0 saturated heterocycles. The van der Waals surface area contributed by atoms with Gasteiger partial charge in [0.05, 0.1) is 5.66 Å². The molecule has 2 nitrogen and oxygen atoms in total. The first kappa shape index (κ1) is 9.01. The molecule has 0 aromatic heterocycles. The standard InChI is InChI=1S/C9H20N2/c1-7-6-9(10,11)5-4-8(7,2)3/h7H,4-6,10-11H2,1-3H3. The molecule has 1 aliphatic rings. The van der Waals surface area contributed by atoms with Crippen LogP contribution in [0.2, 0.25) is 0 Å². The maximum absolute atomic E-state index is 5.87. The van der Waals surface area contributed by atoms with Gasteiger partial charge >= 0.3 is 0 Å². The van der Waals surface area contributed by atoms with Crippen molar-refractivity contribution in [1.29, 1.82) is 0 Å². The molecule has 1 aliphatic carbocycles. The summed E-state index contributed by atoms with van der Waals surface area (Å²) >= 11 is 0. The second-order valence-electron chi connectivity index (χ2n) is 4.83. The van der Waals surface area contributed by atoms with Crippen LogP contribution in [0.3, 0.4) is 0 Å². The lowest BCUT2D eigenvalue weighted by Crippen LogP contribution is -2.55. The first-order chi connectivity index (χ1) is 4.83. The Bertz CT molecular complexity index is 150. The summed E-state index contributed by atoms with van der Waals surface area (Å²) in [7, 11) is 0. The quantitative estimate of drug-likeness (QED) is 0.521. The Morgan fingerprint density at radius 2 is 1.73 bits per heavy atom. The second kappa shape index (κ2) is 2.46. The van der Waals surface area contributed by atoms with Gasteiger partial charge in [-0.2, -0.15) is 0 Å². The monoisotopic (exact) mass is 156 g/mol. The van der Waals surface area contributed by atoms with Crippen molar-refractivity contribution in [3.8, 4) is 0 Å². The van der Waals surface area contributed by atoms with Gasteiger partial charge in [0.25, 0.3) is 0 Å². The summed E-state index contributed by atoms with van der Waals surface area (Å²) in [4.78, 5) is 0. The van der Waals surface area contributed by atoms with E-state index in [9.17, 15) is 0 Å². The minimum atomic E-state index is -0.394. The average Bonchev–Trinajstić information content (AvgIpc) is 1.81. The maximum Gasteiger partial charge on any atom is 0.0639 e. The van der Waals surface area contributed by atoms with E-state index in [4.69, 9.17) is 11.5 Å². The lowest BCUT2D eigenvalue weighted by atomic mass is 9.66. The second-order valence-corrected chi connectivity index (χ2v) is 4.83. The smallest absolute Gasteiger partial charge is 0.0639 e. The van der Waals surface area contributed by atoms with Gasteiger partial charge in [0, 0.05) is 0 Å². The summed E-state index contributed by atoms with van der Waals surface area (Å²) in [6, 6.07) is 0. The minimum Gasteiger partial charge on any atom is -0.313 e. The van der Waals surface area contributed by atoms with Crippen LogP contribution in [0, 0.1) is 11.3 Å². The highest BCUT2D eigenvalue weighted by Crippen LogP contribution is 2.41. The fourth-order valence-corrected chi connectivity index (χ4v) is 1.75. The largest absolute Gasteiger partial charge is 0.313 e. The molecule has 0 spiro atoms. The van der Waals surface area contributed by atoms with E-state index < -0.39 is 5.66 Å². The third-order valence-corrected chi connectivity index (χ3v) is 3.26. The lowest BCUT2D eigenvalue weighted by Gasteiger charge is -2.44. The maximum atomic E-state index is 5.87. The van der Waals surface area contributed by atoms with Crippen molar-refractivity contribution in [1.82, 2.24) is 0 Å². The van der Waals surface area contributed by atoms with Gasteiger partial charge in [-0.1, -0.05) is 20.8 Å². The summed E-state index contributed by atoms with van der Waals surface area (Å²) in [5, 5.41) is 0. The van der Waals surface area contributed by atoms with Crippen molar-refractivity contribution < 1.29 is 0 Å². The molecular weight excluding hydrogens is 136 g/mol. The Morgan fingerprint density at radius 1 is 1.18 bits per heavy atom. The average molecular weight is 156 g/mol. The van der Waals surface area contributed by atoms with Crippen LogP contribution in [-0.2, 0) is 0 Å². The van der Waals surface area contributed by atoms with Crippen LogP contribution >= 0.6 is 0 Å². The van der Waals surface area contributed by atoms with E-state index >= 15 is 0 Å². The number of rotatable bonds is 0. The van der Waals surface area contributed by atoms with Gasteiger partial charge in [-0.15, -0.1) is 0 Å². The molecule has 1 saturated carbocycles. The third kappa shape index (κ3) is 1.94. The Kier molecular flexibility index (Phi) is 2.01. The van der Waals surface area contributed by atoms with Gasteiger partial charge in [0.1, 0.15) is 0 Å². The number of nitrogens with two attached hydrogens (primary N) is 2. The third-order valence-electron chi connectivity index (χ3n) is 3.26. The molecule has 1 atom stereocenters. The predicted octanol–water partition coefficient (Wildman–Crippen LogP) is 1.45. The molecule has 0 aromatic carbocycles. The number of hydrogen-bond acceptors (Lipinski definition) is 2. The normalized spacial score (nSPS) is 35.2. The van der Waals surface area contributed by atoms with Crippen molar-refractivity contribution in [2.24, 2.45) is 22.8 Å². The van der Waals surface area contributed by atoms with E-state index in [1.807, 2.05) is 0 Å². The zero-order chi connectivity index (χ0) is 8.70. The van der Waals surface area contributed by atoms with Gasteiger partial charge in [-0.25, -0.2) is 0 Å². The van der Waals surface area contributed by atoms with E-state index in [0.717, 1.165) is 19.3 Å². The topological polar surface area (TPSA) is 52.0 Å². The molecular formula is C9H20N2. The van der Waals surface area contributed by atoms with Gasteiger partial charge in [0.15, 0.2) is 0 Å². The van der Waals surface area contributed by atoms with Crippen molar-refractivity contribution >= 4 is 0 Å². The minimum absolute atomic E-state index is 0.394. The van der Waals surface area contributed by atoms with Crippen LogP contribution in [0.5, 0.6) is 0 Å². The van der Waals surface area contributed by atoms with E-state index in [2.05, 4.69) is 20.8 Å². The molecule has 11 heavy (non-hydrogen) atoms. The summed E-state index contributed by atoms with van der Waals surface area (Å²) in [6.07, 6.45) is 3.07. The predicted molar refractivity (Wildman–Crippen MR) is 47.9 cm³/mol. The number of hydrogen-bond donors (Lipinski definition) is 2. The van der Waals surface area contributed by atoms with E-state index in [1.165, 1.54) is 0 Å². The molecule has 1 fully saturated rings. The van der Waals surface area contributed by atoms with Crippen molar-refractivity contribution in [3.05, 3.63) is 0 Å². The molecule has 1 rings (SSSR count). The Morgan fingerprint density at radius 3 is 2.09 bits per heavy atom. The van der Waals surface area contributed by atoms with Crippen LogP contribution in [0.25, 0.3) is 0 Å². The summed E-state index contributed by atoms with van der Waals surface area (Å²) in [5.74, 6) is 0.645. The Balaban J connectivity index is 2.63. The molecule has 4 N–H and O–H groups in total. The molecule has 0 aromatic rings. The molecule has 0 radical (unpaired) electrons. The zero-order valence-corrected chi connectivity index (χ0v) is 7.85. The Labute approximate surface area is 69.3 Å². The molecule has 0 heterocycles. The first-order valence-electron chi connectivity index (χ1n) is 4.41. The molecule has 1 unspecified atom stereocenters. The Hall–Kier alpha value is -0.0800. The van der Waals surface area contributed by atoms with Crippen LogP contribution in [0.1, 0.15) is 40.0 Å². The van der Waals surface area contributed by atoms with E-state index in [0.29, 0.717) is 11.3 Å². The van der Waals surface area contributed by atoms with Crippen LogP contribution in [-0.4, -0.2) is 5.66 Å². The molecule has 2 heteroatoms. The lowest BCUT2D eigenvalue weighted by molar-refractivity contribution is 0.0961. The first-order valence-corrected chi connectivity index (χ1v) is 4.41. The van der Waals surface area contributed by atoms with Gasteiger partial charge < -0.3 is 11.5 Å². The van der Waals surface area contributed by atoms with Crippen molar-refractivity contribution in [2.45, 2.75) is 45.7 Å². The van der Waals surface area contributed by atoms with Crippen LogP contribution in [0.4, 0.5) is 0 Å². The molecule has 66 valence electrons. The zero-order valence-electron chi connectivity index (χ0n) is 7.85. The molecule has 0 bridgehead atoms. The summed E-state index contributed by atoms with van der Waals surface area (Å²) in [6.45, 7) is 6.84. The summed E-state index contributed by atoms with van der Waals surface area (Å²) < 4.78 is 0. The van der Waals surface area contributed by atoms with Crippen molar-refractivity contribution in [2.75, 3.05) is 0 Å². The highest BCUT2D eigenvalue weighted by Gasteiger charge is 2.37. The van der Waals surface area contributed by atoms with Gasteiger partial charge in [-0.05, 0) is 30.6 Å². The fourth-order valence-electron chi connectivity index (χ4n) is 1.75.